The Morgan fingerprint density at radius 2 is 0.842 bits per heavy atom. The monoisotopic (exact) mass is 540 g/mol. The highest BCUT2D eigenvalue weighted by Crippen LogP contribution is 2.16. The van der Waals surface area contributed by atoms with Gasteiger partial charge in [-0.1, -0.05) is 174 Å². The Labute approximate surface area is 238 Å². The van der Waals surface area contributed by atoms with Crippen molar-refractivity contribution in [2.45, 2.75) is 206 Å². The first-order valence-electron chi connectivity index (χ1n) is 17.2. The zero-order chi connectivity index (χ0) is 27.9. The molecule has 1 amide bonds. The van der Waals surface area contributed by atoms with Crippen molar-refractivity contribution in [1.82, 2.24) is 5.32 Å². The molecule has 0 radical (unpaired) electrons. The highest BCUT2D eigenvalue weighted by atomic mass is 16.3. The fraction of sp³-hybridized carbons (Fsp3) is 0.971. The summed E-state index contributed by atoms with van der Waals surface area (Å²) in [6.45, 7) is 4.30. The number of aliphatic hydroxyl groups excluding tert-OH is 2. The summed E-state index contributed by atoms with van der Waals surface area (Å²) in [5.41, 5.74) is 0. The van der Waals surface area contributed by atoms with E-state index in [9.17, 15) is 15.0 Å². The maximum Gasteiger partial charge on any atom is 0.220 e. The molecule has 4 nitrogen and oxygen atoms in total. The standard InChI is InChI=1S/C34H69NO3/c1-3-5-7-9-11-12-13-14-15-16-17-18-19-20-21-22-23-24-25-27-29-33(37)32(31-36)35-34(38)30-28-26-10-8-6-4-2/h32-33,36-37H,3-31H2,1-2H3,(H,35,38). The van der Waals surface area contributed by atoms with E-state index in [-0.39, 0.29) is 12.5 Å². The first-order chi connectivity index (χ1) is 18.7. The van der Waals surface area contributed by atoms with Crippen LogP contribution in [0.1, 0.15) is 194 Å². The number of carbonyl (C=O) groups excluding carboxylic acids is 1. The minimum Gasteiger partial charge on any atom is -0.394 e. The van der Waals surface area contributed by atoms with Crippen LogP contribution in [0.15, 0.2) is 0 Å². The molecule has 0 aliphatic rings. The predicted molar refractivity (Wildman–Crippen MR) is 166 cm³/mol. The molecule has 0 aliphatic carbocycles. The molecular weight excluding hydrogens is 470 g/mol. The molecule has 2 atom stereocenters. The summed E-state index contributed by atoms with van der Waals surface area (Å²) in [5.74, 6) is -0.0397. The van der Waals surface area contributed by atoms with E-state index in [4.69, 9.17) is 0 Å². The third-order valence-electron chi connectivity index (χ3n) is 8.12. The normalized spacial score (nSPS) is 13.1. The van der Waals surface area contributed by atoms with Crippen LogP contribution in [0.5, 0.6) is 0 Å². The van der Waals surface area contributed by atoms with E-state index < -0.39 is 12.1 Å². The SMILES string of the molecule is CCCCCCCCCCCCCCCCCCCCCCC(O)C(CO)NC(=O)CCCCCCCC. The van der Waals surface area contributed by atoms with Gasteiger partial charge in [-0.3, -0.25) is 4.79 Å². The van der Waals surface area contributed by atoms with Crippen molar-refractivity contribution in [1.29, 1.82) is 0 Å². The van der Waals surface area contributed by atoms with Crippen LogP contribution < -0.4 is 5.32 Å². The lowest BCUT2D eigenvalue weighted by atomic mass is 10.0. The quantitative estimate of drug-likeness (QED) is 0.0768. The molecule has 0 aromatic rings. The molecule has 2 unspecified atom stereocenters. The summed E-state index contributed by atoms with van der Waals surface area (Å²) in [4.78, 5) is 12.1. The van der Waals surface area contributed by atoms with Gasteiger partial charge in [0.05, 0.1) is 18.8 Å². The van der Waals surface area contributed by atoms with Gasteiger partial charge in [-0.25, -0.2) is 0 Å². The topological polar surface area (TPSA) is 69.6 Å². The minimum absolute atomic E-state index is 0.0397. The number of hydrogen-bond donors (Lipinski definition) is 3. The Hall–Kier alpha value is -0.610. The number of aliphatic hydroxyl groups is 2. The lowest BCUT2D eigenvalue weighted by Crippen LogP contribution is -2.45. The predicted octanol–water partition coefficient (Wildman–Crippen LogP) is 9.79. The van der Waals surface area contributed by atoms with Crippen LogP contribution in [0.4, 0.5) is 0 Å². The first-order valence-corrected chi connectivity index (χ1v) is 17.2. The fourth-order valence-electron chi connectivity index (χ4n) is 5.42. The Balaban J connectivity index is 3.43. The van der Waals surface area contributed by atoms with E-state index in [1.807, 2.05) is 0 Å². The lowest BCUT2D eigenvalue weighted by Gasteiger charge is -2.22. The van der Waals surface area contributed by atoms with E-state index >= 15 is 0 Å². The maximum atomic E-state index is 12.1. The summed E-state index contributed by atoms with van der Waals surface area (Å²) >= 11 is 0. The van der Waals surface area contributed by atoms with Crippen molar-refractivity contribution in [2.24, 2.45) is 0 Å². The average Bonchev–Trinajstić information content (AvgIpc) is 2.92. The van der Waals surface area contributed by atoms with Gasteiger partial charge in [0.2, 0.25) is 5.91 Å². The zero-order valence-electron chi connectivity index (χ0n) is 26.0. The maximum absolute atomic E-state index is 12.1. The van der Waals surface area contributed by atoms with Gasteiger partial charge in [0.15, 0.2) is 0 Å². The van der Waals surface area contributed by atoms with Gasteiger partial charge in [0, 0.05) is 6.42 Å². The summed E-state index contributed by atoms with van der Waals surface area (Å²) in [6, 6.07) is -0.525. The largest absolute Gasteiger partial charge is 0.394 e. The number of nitrogens with one attached hydrogen (secondary N) is 1. The second-order valence-electron chi connectivity index (χ2n) is 11.9. The van der Waals surface area contributed by atoms with Crippen LogP contribution in [0, 0.1) is 0 Å². The number of hydrogen-bond acceptors (Lipinski definition) is 3. The van der Waals surface area contributed by atoms with Gasteiger partial charge in [-0.2, -0.15) is 0 Å². The van der Waals surface area contributed by atoms with Gasteiger partial charge in [-0.15, -0.1) is 0 Å². The molecule has 0 aliphatic heterocycles. The zero-order valence-corrected chi connectivity index (χ0v) is 26.0. The van der Waals surface area contributed by atoms with Gasteiger partial charge < -0.3 is 15.5 Å². The smallest absolute Gasteiger partial charge is 0.220 e. The van der Waals surface area contributed by atoms with Gasteiger partial charge in [0.1, 0.15) is 0 Å². The number of amides is 1. The molecule has 0 saturated heterocycles. The summed E-state index contributed by atoms with van der Waals surface area (Å²) in [5, 5.41) is 22.8. The van der Waals surface area contributed by atoms with Crippen LogP contribution >= 0.6 is 0 Å². The molecule has 0 bridgehead atoms. The molecule has 0 heterocycles. The Bertz CT molecular complexity index is 471. The number of unbranched alkanes of at least 4 members (excludes halogenated alkanes) is 24. The van der Waals surface area contributed by atoms with E-state index in [0.717, 1.165) is 25.7 Å². The van der Waals surface area contributed by atoms with Crippen LogP contribution in [0.25, 0.3) is 0 Å². The van der Waals surface area contributed by atoms with Gasteiger partial charge in [0.25, 0.3) is 0 Å². The van der Waals surface area contributed by atoms with Gasteiger partial charge >= 0.3 is 0 Å². The van der Waals surface area contributed by atoms with Crippen molar-refractivity contribution in [3.8, 4) is 0 Å². The molecule has 0 saturated carbocycles. The summed E-state index contributed by atoms with van der Waals surface area (Å²) < 4.78 is 0. The van der Waals surface area contributed by atoms with Crippen LogP contribution in [-0.2, 0) is 4.79 Å². The Morgan fingerprint density at radius 3 is 1.18 bits per heavy atom. The van der Waals surface area contributed by atoms with Crippen molar-refractivity contribution >= 4 is 5.91 Å². The van der Waals surface area contributed by atoms with Crippen molar-refractivity contribution in [2.75, 3.05) is 6.61 Å². The number of carbonyl (C=O) groups is 1. The van der Waals surface area contributed by atoms with Crippen molar-refractivity contribution < 1.29 is 15.0 Å². The van der Waals surface area contributed by atoms with Crippen LogP contribution in [-0.4, -0.2) is 34.9 Å². The third kappa shape index (κ3) is 27.0. The highest BCUT2D eigenvalue weighted by molar-refractivity contribution is 5.76. The Kier molecular flexibility index (Phi) is 30.4. The summed E-state index contributed by atoms with van der Waals surface area (Å²) in [6.07, 6.45) is 34.6. The second kappa shape index (κ2) is 30.9. The lowest BCUT2D eigenvalue weighted by molar-refractivity contribution is -0.123. The first kappa shape index (κ1) is 37.4. The van der Waals surface area contributed by atoms with Crippen LogP contribution in [0.2, 0.25) is 0 Å². The highest BCUT2D eigenvalue weighted by Gasteiger charge is 2.19. The second-order valence-corrected chi connectivity index (χ2v) is 11.9. The molecule has 38 heavy (non-hydrogen) atoms. The van der Waals surface area contributed by atoms with E-state index in [2.05, 4.69) is 19.2 Å². The molecule has 0 rings (SSSR count). The Morgan fingerprint density at radius 1 is 0.526 bits per heavy atom. The van der Waals surface area contributed by atoms with Crippen LogP contribution in [0.3, 0.4) is 0 Å². The number of rotatable bonds is 31. The fourth-order valence-corrected chi connectivity index (χ4v) is 5.42. The molecule has 0 aromatic heterocycles. The minimum atomic E-state index is -0.649. The van der Waals surface area contributed by atoms with Crippen molar-refractivity contribution in [3.63, 3.8) is 0 Å². The molecule has 0 fully saturated rings. The average molecular weight is 540 g/mol. The molecule has 3 N–H and O–H groups in total. The van der Waals surface area contributed by atoms with Crippen molar-refractivity contribution in [3.05, 3.63) is 0 Å². The third-order valence-corrected chi connectivity index (χ3v) is 8.12. The molecule has 4 heteroatoms. The van der Waals surface area contributed by atoms with E-state index in [1.165, 1.54) is 141 Å². The van der Waals surface area contributed by atoms with E-state index in [1.54, 1.807) is 0 Å². The molecule has 0 aromatic carbocycles. The molecular formula is C34H69NO3. The van der Waals surface area contributed by atoms with E-state index in [0.29, 0.717) is 12.8 Å². The van der Waals surface area contributed by atoms with Gasteiger partial charge in [-0.05, 0) is 12.8 Å². The molecule has 228 valence electrons. The summed E-state index contributed by atoms with van der Waals surface area (Å²) in [7, 11) is 0. The molecule has 0 spiro atoms.